The summed E-state index contributed by atoms with van der Waals surface area (Å²) in [5, 5.41) is 10.9. The van der Waals surface area contributed by atoms with Gasteiger partial charge in [-0.15, -0.1) is 11.3 Å². The number of thiazole rings is 1. The average Bonchev–Trinajstić information content (AvgIpc) is 3.31. The van der Waals surface area contributed by atoms with Crippen molar-refractivity contribution in [3.05, 3.63) is 23.5 Å². The van der Waals surface area contributed by atoms with Crippen molar-refractivity contribution in [3.8, 4) is 0 Å². The molecule has 0 spiro atoms. The number of nitrogens with zero attached hydrogens (tertiary/aromatic N) is 4. The third-order valence-electron chi connectivity index (χ3n) is 4.14. The van der Waals surface area contributed by atoms with Gasteiger partial charge >= 0.3 is 6.03 Å². The van der Waals surface area contributed by atoms with Crippen molar-refractivity contribution in [2.75, 3.05) is 36.8 Å². The van der Waals surface area contributed by atoms with Crippen molar-refractivity contribution in [3.63, 3.8) is 0 Å². The van der Waals surface area contributed by atoms with Gasteiger partial charge in [-0.1, -0.05) is 5.16 Å². The number of aromatic nitrogens is 2. The van der Waals surface area contributed by atoms with Crippen molar-refractivity contribution in [1.82, 2.24) is 19.9 Å². The van der Waals surface area contributed by atoms with E-state index in [2.05, 4.69) is 25.3 Å². The quantitative estimate of drug-likeness (QED) is 0.793. The van der Waals surface area contributed by atoms with Gasteiger partial charge in [-0.3, -0.25) is 14.9 Å². The molecule has 4 amide bonds. The van der Waals surface area contributed by atoms with Crippen molar-refractivity contribution in [1.29, 1.82) is 0 Å². The molecule has 1 saturated heterocycles. The Morgan fingerprint density at radius 3 is 2.59 bits per heavy atom. The van der Waals surface area contributed by atoms with E-state index in [1.165, 1.54) is 30.7 Å². The molecule has 1 fully saturated rings. The Morgan fingerprint density at radius 2 is 1.93 bits per heavy atom. The molecule has 0 aliphatic carbocycles. The molecule has 10 nitrogen and oxygen atoms in total. The number of hydrogen-bond acceptors (Lipinski definition) is 7. The fourth-order valence-electron chi connectivity index (χ4n) is 2.67. The number of carbonyl (C=O) groups excluding carboxylic acids is 3. The Labute approximate surface area is 159 Å². The highest BCUT2D eigenvalue weighted by molar-refractivity contribution is 7.13. The second-order valence-electron chi connectivity index (χ2n) is 6.02. The lowest BCUT2D eigenvalue weighted by Crippen LogP contribution is -2.50. The summed E-state index contributed by atoms with van der Waals surface area (Å²) in [5.41, 5.74) is 1.19. The Kier molecular flexibility index (Phi) is 6.01. The lowest BCUT2D eigenvalue weighted by Gasteiger charge is -2.34. The van der Waals surface area contributed by atoms with Crippen LogP contribution in [0.5, 0.6) is 0 Å². The van der Waals surface area contributed by atoms with Crippen molar-refractivity contribution >= 4 is 40.0 Å². The highest BCUT2D eigenvalue weighted by atomic mass is 32.1. The van der Waals surface area contributed by atoms with Crippen molar-refractivity contribution < 1.29 is 18.9 Å². The average molecular weight is 392 g/mol. The van der Waals surface area contributed by atoms with Crippen LogP contribution in [0, 0.1) is 0 Å². The summed E-state index contributed by atoms with van der Waals surface area (Å²) in [6.07, 6.45) is 3.54. The van der Waals surface area contributed by atoms with E-state index in [0.717, 1.165) is 5.69 Å². The van der Waals surface area contributed by atoms with E-state index in [-0.39, 0.29) is 11.8 Å². The molecule has 0 unspecified atom stereocenters. The molecular formula is C16H20N6O4S. The number of urea groups is 1. The maximum absolute atomic E-state index is 12.3. The predicted octanol–water partition coefficient (Wildman–Crippen LogP) is 1.40. The summed E-state index contributed by atoms with van der Waals surface area (Å²) < 4.78 is 4.63. The van der Waals surface area contributed by atoms with Gasteiger partial charge in [-0.2, -0.15) is 0 Å². The molecule has 2 aromatic rings. The van der Waals surface area contributed by atoms with Gasteiger partial charge in [0.1, 0.15) is 12.0 Å². The minimum atomic E-state index is -0.446. The maximum Gasteiger partial charge on any atom is 0.325 e. The first-order chi connectivity index (χ1) is 13.0. The first kappa shape index (κ1) is 18.8. The van der Waals surface area contributed by atoms with Crippen LogP contribution in [-0.4, -0.2) is 64.0 Å². The molecule has 27 heavy (non-hydrogen) atoms. The predicted molar refractivity (Wildman–Crippen MR) is 98.4 cm³/mol. The van der Waals surface area contributed by atoms with Gasteiger partial charge in [-0.25, -0.2) is 9.78 Å². The second kappa shape index (κ2) is 8.62. The van der Waals surface area contributed by atoms with Crippen LogP contribution in [0.1, 0.15) is 19.0 Å². The van der Waals surface area contributed by atoms with Gasteiger partial charge in [0.05, 0.1) is 11.9 Å². The van der Waals surface area contributed by atoms with Crippen LogP contribution >= 0.6 is 11.3 Å². The zero-order valence-electron chi connectivity index (χ0n) is 14.8. The summed E-state index contributed by atoms with van der Waals surface area (Å²) in [5.74, 6) is 0.0867. The molecule has 2 aromatic heterocycles. The number of carbonyl (C=O) groups is 3. The fraction of sp³-hybridized carbons (Fsp3) is 0.438. The second-order valence-corrected chi connectivity index (χ2v) is 6.88. The monoisotopic (exact) mass is 392 g/mol. The Balaban J connectivity index is 1.42. The van der Waals surface area contributed by atoms with Crippen LogP contribution in [0.15, 0.2) is 22.4 Å². The largest absolute Gasteiger partial charge is 0.363 e. The molecule has 11 heteroatoms. The van der Waals surface area contributed by atoms with Gasteiger partial charge < -0.3 is 19.6 Å². The molecule has 0 bridgehead atoms. The van der Waals surface area contributed by atoms with Crippen molar-refractivity contribution in [2.24, 2.45) is 0 Å². The Hall–Kier alpha value is -2.95. The minimum absolute atomic E-state index is 0.0395. The number of piperazine rings is 1. The standard InChI is InChI=1S/C16H20N6O4S/c1-11(23)21-4-6-22(7-5-21)14(24)3-2-12-10-27-16(19-12)20-15(25)18-13-8-17-26-9-13/h8-10H,2-7H2,1H3,(H2,18,19,20,25). The van der Waals surface area contributed by atoms with Crippen LogP contribution in [-0.2, 0) is 16.0 Å². The molecule has 0 atom stereocenters. The zero-order chi connectivity index (χ0) is 19.2. The number of anilines is 2. The molecule has 3 heterocycles. The van der Waals surface area contributed by atoms with E-state index in [1.54, 1.807) is 9.80 Å². The van der Waals surface area contributed by atoms with Gasteiger partial charge in [0.2, 0.25) is 11.8 Å². The molecule has 0 radical (unpaired) electrons. The zero-order valence-corrected chi connectivity index (χ0v) is 15.6. The highest BCUT2D eigenvalue weighted by Gasteiger charge is 2.22. The van der Waals surface area contributed by atoms with E-state index >= 15 is 0 Å². The molecule has 0 aromatic carbocycles. The third kappa shape index (κ3) is 5.26. The minimum Gasteiger partial charge on any atom is -0.363 e. The first-order valence-corrected chi connectivity index (χ1v) is 9.34. The third-order valence-corrected chi connectivity index (χ3v) is 4.94. The van der Waals surface area contributed by atoms with Gasteiger partial charge in [0.15, 0.2) is 5.13 Å². The Morgan fingerprint density at radius 1 is 1.19 bits per heavy atom. The molecule has 1 aliphatic rings. The van der Waals surface area contributed by atoms with Gasteiger partial charge in [0.25, 0.3) is 0 Å². The van der Waals surface area contributed by atoms with Gasteiger partial charge in [-0.05, 0) is 6.42 Å². The molecule has 144 valence electrons. The van der Waals surface area contributed by atoms with E-state index < -0.39 is 6.03 Å². The van der Waals surface area contributed by atoms with E-state index in [1.807, 2.05) is 5.38 Å². The summed E-state index contributed by atoms with van der Waals surface area (Å²) >= 11 is 1.29. The van der Waals surface area contributed by atoms with E-state index in [4.69, 9.17) is 0 Å². The van der Waals surface area contributed by atoms with Gasteiger partial charge in [0, 0.05) is 44.9 Å². The smallest absolute Gasteiger partial charge is 0.325 e. The normalized spacial score (nSPS) is 14.1. The first-order valence-electron chi connectivity index (χ1n) is 8.46. The Bertz CT molecular complexity index is 798. The lowest BCUT2D eigenvalue weighted by atomic mass is 10.2. The molecule has 1 aliphatic heterocycles. The summed E-state index contributed by atoms with van der Waals surface area (Å²) in [4.78, 5) is 43.3. The number of nitrogens with one attached hydrogen (secondary N) is 2. The topological polar surface area (TPSA) is 121 Å². The van der Waals surface area contributed by atoms with E-state index in [0.29, 0.717) is 49.8 Å². The SMILES string of the molecule is CC(=O)N1CCN(C(=O)CCc2csc(NC(=O)Nc3cnoc3)n2)CC1. The van der Waals surface area contributed by atoms with Crippen LogP contribution in [0.4, 0.5) is 15.6 Å². The van der Waals surface area contributed by atoms with Crippen LogP contribution < -0.4 is 10.6 Å². The number of amides is 4. The van der Waals surface area contributed by atoms with Crippen molar-refractivity contribution in [2.45, 2.75) is 19.8 Å². The molecule has 3 rings (SSSR count). The summed E-state index contributed by atoms with van der Waals surface area (Å²) in [6.45, 7) is 3.81. The van der Waals surface area contributed by atoms with Crippen LogP contribution in [0.3, 0.4) is 0 Å². The van der Waals surface area contributed by atoms with Crippen LogP contribution in [0.25, 0.3) is 0 Å². The molecule has 2 N–H and O–H groups in total. The summed E-state index contributed by atoms with van der Waals surface area (Å²) in [6, 6.07) is -0.446. The maximum atomic E-state index is 12.3. The summed E-state index contributed by atoms with van der Waals surface area (Å²) in [7, 11) is 0. The van der Waals surface area contributed by atoms with Crippen LogP contribution in [0.2, 0.25) is 0 Å². The molecule has 0 saturated carbocycles. The lowest BCUT2D eigenvalue weighted by molar-refractivity contribution is -0.138. The number of hydrogen-bond donors (Lipinski definition) is 2. The number of aryl methyl sites for hydroxylation is 1. The molecular weight excluding hydrogens is 372 g/mol. The van der Waals surface area contributed by atoms with E-state index in [9.17, 15) is 14.4 Å². The fourth-order valence-corrected chi connectivity index (χ4v) is 3.41. The number of rotatable bonds is 5. The highest BCUT2D eigenvalue weighted by Crippen LogP contribution is 2.17.